The van der Waals surface area contributed by atoms with E-state index >= 15 is 0 Å². The molecular formula is C8H9NO3. The number of hydrogen-bond acceptors (Lipinski definition) is 2. The standard InChI is InChI=1S/C8H9NO3/c1-5-2-3-7(10)6(4-5)9-8(11)12/h2-4,9-10H,1H3,(H,11,12). The molecule has 0 aromatic heterocycles. The second-order valence-corrected chi connectivity index (χ2v) is 2.45. The highest BCUT2D eigenvalue weighted by atomic mass is 16.4. The molecule has 0 aliphatic carbocycles. The lowest BCUT2D eigenvalue weighted by molar-refractivity contribution is 0.209. The van der Waals surface area contributed by atoms with E-state index in [0.717, 1.165) is 5.56 Å². The Hall–Kier alpha value is -1.71. The zero-order valence-electron chi connectivity index (χ0n) is 6.53. The molecule has 0 unspecified atom stereocenters. The van der Waals surface area contributed by atoms with Gasteiger partial charge in [0.2, 0.25) is 0 Å². The monoisotopic (exact) mass is 167 g/mol. The first-order valence-corrected chi connectivity index (χ1v) is 3.39. The number of nitrogens with one attached hydrogen (secondary N) is 1. The number of aromatic hydroxyl groups is 1. The Kier molecular flexibility index (Phi) is 2.19. The molecule has 4 heteroatoms. The molecular weight excluding hydrogens is 158 g/mol. The Morgan fingerprint density at radius 3 is 2.75 bits per heavy atom. The fourth-order valence-corrected chi connectivity index (χ4v) is 0.865. The number of anilines is 1. The van der Waals surface area contributed by atoms with E-state index in [1.54, 1.807) is 12.1 Å². The van der Waals surface area contributed by atoms with Crippen LogP contribution in [0.5, 0.6) is 5.75 Å². The summed E-state index contributed by atoms with van der Waals surface area (Å²) in [6.45, 7) is 1.81. The zero-order chi connectivity index (χ0) is 9.14. The van der Waals surface area contributed by atoms with Gasteiger partial charge in [-0.1, -0.05) is 6.07 Å². The summed E-state index contributed by atoms with van der Waals surface area (Å²) in [6, 6.07) is 4.70. The highest BCUT2D eigenvalue weighted by Crippen LogP contribution is 2.23. The minimum Gasteiger partial charge on any atom is -0.506 e. The van der Waals surface area contributed by atoms with Crippen molar-refractivity contribution in [2.24, 2.45) is 0 Å². The average Bonchev–Trinajstić information content (AvgIpc) is 1.96. The van der Waals surface area contributed by atoms with Crippen LogP contribution in [0, 0.1) is 6.92 Å². The summed E-state index contributed by atoms with van der Waals surface area (Å²) in [6.07, 6.45) is -1.18. The van der Waals surface area contributed by atoms with Crippen LogP contribution in [0.25, 0.3) is 0 Å². The van der Waals surface area contributed by atoms with E-state index in [2.05, 4.69) is 5.32 Å². The first-order valence-electron chi connectivity index (χ1n) is 3.39. The van der Waals surface area contributed by atoms with Crippen molar-refractivity contribution in [1.29, 1.82) is 0 Å². The van der Waals surface area contributed by atoms with Gasteiger partial charge in [0.15, 0.2) is 0 Å². The van der Waals surface area contributed by atoms with Crippen molar-refractivity contribution in [3.63, 3.8) is 0 Å². The number of amides is 1. The van der Waals surface area contributed by atoms with Gasteiger partial charge in [-0.15, -0.1) is 0 Å². The van der Waals surface area contributed by atoms with Gasteiger partial charge in [-0.25, -0.2) is 4.79 Å². The number of benzene rings is 1. The maximum absolute atomic E-state index is 10.2. The number of aryl methyl sites for hydroxylation is 1. The van der Waals surface area contributed by atoms with Gasteiger partial charge >= 0.3 is 6.09 Å². The van der Waals surface area contributed by atoms with Crippen molar-refractivity contribution in [2.45, 2.75) is 6.92 Å². The van der Waals surface area contributed by atoms with Crippen molar-refractivity contribution in [2.75, 3.05) is 5.32 Å². The molecule has 0 radical (unpaired) electrons. The highest BCUT2D eigenvalue weighted by molar-refractivity contribution is 5.85. The summed E-state index contributed by atoms with van der Waals surface area (Å²) >= 11 is 0. The Bertz CT molecular complexity index is 309. The molecule has 0 bridgehead atoms. The first kappa shape index (κ1) is 8.39. The Morgan fingerprint density at radius 1 is 1.50 bits per heavy atom. The van der Waals surface area contributed by atoms with Crippen molar-refractivity contribution >= 4 is 11.8 Å². The van der Waals surface area contributed by atoms with E-state index in [0.29, 0.717) is 0 Å². The van der Waals surface area contributed by atoms with E-state index in [1.165, 1.54) is 6.07 Å². The number of rotatable bonds is 1. The average molecular weight is 167 g/mol. The van der Waals surface area contributed by atoms with Gasteiger partial charge in [0.1, 0.15) is 5.75 Å². The molecule has 0 fully saturated rings. The van der Waals surface area contributed by atoms with Crippen LogP contribution in [0.2, 0.25) is 0 Å². The van der Waals surface area contributed by atoms with Crippen LogP contribution in [0.1, 0.15) is 5.56 Å². The SMILES string of the molecule is Cc1ccc(O)c(NC(=O)O)c1. The van der Waals surface area contributed by atoms with Crippen molar-refractivity contribution in [3.05, 3.63) is 23.8 Å². The highest BCUT2D eigenvalue weighted by Gasteiger charge is 2.03. The fourth-order valence-electron chi connectivity index (χ4n) is 0.865. The van der Waals surface area contributed by atoms with Crippen LogP contribution in [-0.4, -0.2) is 16.3 Å². The Morgan fingerprint density at radius 2 is 2.17 bits per heavy atom. The molecule has 1 rings (SSSR count). The third kappa shape index (κ3) is 1.88. The number of carboxylic acid groups (broad SMARTS) is 1. The summed E-state index contributed by atoms with van der Waals surface area (Å²) in [4.78, 5) is 10.2. The minimum atomic E-state index is -1.18. The molecule has 0 aliphatic heterocycles. The number of phenolic OH excluding ortho intramolecular Hbond substituents is 1. The van der Waals surface area contributed by atoms with Gasteiger partial charge in [-0.05, 0) is 24.6 Å². The van der Waals surface area contributed by atoms with Gasteiger partial charge in [-0.3, -0.25) is 5.32 Å². The lowest BCUT2D eigenvalue weighted by Crippen LogP contribution is -2.07. The quantitative estimate of drug-likeness (QED) is 0.558. The maximum atomic E-state index is 10.2. The predicted octanol–water partition coefficient (Wildman–Crippen LogP) is 1.79. The van der Waals surface area contributed by atoms with Crippen molar-refractivity contribution in [3.8, 4) is 5.75 Å². The molecule has 3 N–H and O–H groups in total. The molecule has 1 aromatic rings. The van der Waals surface area contributed by atoms with Gasteiger partial charge < -0.3 is 10.2 Å². The second kappa shape index (κ2) is 3.13. The van der Waals surface area contributed by atoms with E-state index in [1.807, 2.05) is 6.92 Å². The van der Waals surface area contributed by atoms with Crippen molar-refractivity contribution in [1.82, 2.24) is 0 Å². The van der Waals surface area contributed by atoms with Gasteiger partial charge in [0.05, 0.1) is 5.69 Å². The molecule has 4 nitrogen and oxygen atoms in total. The third-order valence-corrected chi connectivity index (χ3v) is 1.39. The molecule has 0 heterocycles. The molecule has 0 saturated carbocycles. The summed E-state index contributed by atoms with van der Waals surface area (Å²) in [7, 11) is 0. The summed E-state index contributed by atoms with van der Waals surface area (Å²) in [5, 5.41) is 19.6. The molecule has 0 atom stereocenters. The first-order chi connectivity index (χ1) is 5.59. The fraction of sp³-hybridized carbons (Fsp3) is 0.125. The molecule has 0 spiro atoms. The second-order valence-electron chi connectivity index (χ2n) is 2.45. The zero-order valence-corrected chi connectivity index (χ0v) is 6.53. The molecule has 12 heavy (non-hydrogen) atoms. The largest absolute Gasteiger partial charge is 0.506 e. The van der Waals surface area contributed by atoms with Crippen LogP contribution in [0.3, 0.4) is 0 Å². The molecule has 1 amide bonds. The van der Waals surface area contributed by atoms with Gasteiger partial charge in [0, 0.05) is 0 Å². The third-order valence-electron chi connectivity index (χ3n) is 1.39. The smallest absolute Gasteiger partial charge is 0.409 e. The topological polar surface area (TPSA) is 69.6 Å². The summed E-state index contributed by atoms with van der Waals surface area (Å²) < 4.78 is 0. The van der Waals surface area contributed by atoms with Crippen LogP contribution < -0.4 is 5.32 Å². The van der Waals surface area contributed by atoms with E-state index in [-0.39, 0.29) is 11.4 Å². The lowest BCUT2D eigenvalue weighted by Gasteiger charge is -2.03. The number of phenols is 1. The van der Waals surface area contributed by atoms with Crippen LogP contribution >= 0.6 is 0 Å². The van der Waals surface area contributed by atoms with Crippen LogP contribution in [-0.2, 0) is 0 Å². The molecule has 64 valence electrons. The van der Waals surface area contributed by atoms with Crippen LogP contribution in [0.15, 0.2) is 18.2 Å². The van der Waals surface area contributed by atoms with Crippen LogP contribution in [0.4, 0.5) is 10.5 Å². The number of hydrogen-bond donors (Lipinski definition) is 3. The van der Waals surface area contributed by atoms with Gasteiger partial charge in [0.25, 0.3) is 0 Å². The molecule has 1 aromatic carbocycles. The minimum absolute atomic E-state index is 0.0667. The normalized spacial score (nSPS) is 9.42. The van der Waals surface area contributed by atoms with Crippen molar-refractivity contribution < 1.29 is 15.0 Å². The number of carbonyl (C=O) groups is 1. The van der Waals surface area contributed by atoms with E-state index in [9.17, 15) is 4.79 Å². The van der Waals surface area contributed by atoms with E-state index in [4.69, 9.17) is 10.2 Å². The van der Waals surface area contributed by atoms with Gasteiger partial charge in [-0.2, -0.15) is 0 Å². The summed E-state index contributed by atoms with van der Waals surface area (Å²) in [5.41, 5.74) is 1.10. The van der Waals surface area contributed by atoms with E-state index < -0.39 is 6.09 Å². The lowest BCUT2D eigenvalue weighted by atomic mass is 10.2. The molecule has 0 aliphatic rings. The maximum Gasteiger partial charge on any atom is 0.409 e. The summed E-state index contributed by atoms with van der Waals surface area (Å²) in [5.74, 6) is -0.0667. The molecule has 0 saturated heterocycles. The Balaban J connectivity index is 2.97. The Labute approximate surface area is 69.5 Å². The predicted molar refractivity (Wildman–Crippen MR) is 44.5 cm³/mol.